The molecule has 4 unspecified atom stereocenters. The predicted molar refractivity (Wildman–Crippen MR) is 89.7 cm³/mol. The molecule has 4 atom stereocenters. The standard InChI is InChI=1S/C19H31NO/c1-5-12-20-16(4)17-7-10-18(11-8-17)21-19-9-6-14(2)15(3)13-19/h7-8,10-11,14-16,19-20H,5-6,9,12-13H2,1-4H3. The van der Waals surface area contributed by atoms with Crippen molar-refractivity contribution >= 4 is 0 Å². The minimum absolute atomic E-state index is 0.401. The molecular weight excluding hydrogens is 258 g/mol. The average molecular weight is 289 g/mol. The average Bonchev–Trinajstić information content (AvgIpc) is 2.49. The summed E-state index contributed by atoms with van der Waals surface area (Å²) in [5.41, 5.74) is 1.33. The maximum atomic E-state index is 6.17. The van der Waals surface area contributed by atoms with Gasteiger partial charge in [0.15, 0.2) is 0 Å². The minimum atomic E-state index is 0.401. The molecule has 1 saturated carbocycles. The normalized spacial score (nSPS) is 27.3. The molecule has 0 aromatic heterocycles. The fourth-order valence-electron chi connectivity index (χ4n) is 3.11. The van der Waals surface area contributed by atoms with Gasteiger partial charge >= 0.3 is 0 Å². The monoisotopic (exact) mass is 289 g/mol. The van der Waals surface area contributed by atoms with Gasteiger partial charge in [-0.25, -0.2) is 0 Å². The Balaban J connectivity index is 1.87. The van der Waals surface area contributed by atoms with E-state index in [4.69, 9.17) is 4.74 Å². The molecule has 0 spiro atoms. The van der Waals surface area contributed by atoms with E-state index in [-0.39, 0.29) is 0 Å². The first-order valence-electron chi connectivity index (χ1n) is 8.60. The highest BCUT2D eigenvalue weighted by atomic mass is 16.5. The lowest BCUT2D eigenvalue weighted by atomic mass is 9.80. The van der Waals surface area contributed by atoms with E-state index in [1.807, 2.05) is 0 Å². The third kappa shape index (κ3) is 4.74. The van der Waals surface area contributed by atoms with E-state index in [1.165, 1.54) is 31.2 Å². The predicted octanol–water partition coefficient (Wildman–Crippen LogP) is 4.95. The summed E-state index contributed by atoms with van der Waals surface area (Å²) in [5.74, 6) is 2.65. The van der Waals surface area contributed by atoms with Gasteiger partial charge in [0.2, 0.25) is 0 Å². The highest BCUT2D eigenvalue weighted by Crippen LogP contribution is 2.32. The summed E-state index contributed by atoms with van der Waals surface area (Å²) < 4.78 is 6.17. The first-order valence-corrected chi connectivity index (χ1v) is 8.60. The third-order valence-electron chi connectivity index (χ3n) is 4.93. The van der Waals surface area contributed by atoms with E-state index in [0.29, 0.717) is 12.1 Å². The SMILES string of the molecule is CCCNC(C)c1ccc(OC2CCC(C)C(C)C2)cc1. The molecule has 2 rings (SSSR count). The zero-order chi connectivity index (χ0) is 15.2. The molecule has 1 aromatic rings. The number of ether oxygens (including phenoxy) is 1. The second-order valence-corrected chi connectivity index (χ2v) is 6.75. The van der Waals surface area contributed by atoms with Crippen LogP contribution in [0.15, 0.2) is 24.3 Å². The Morgan fingerprint density at radius 1 is 1.14 bits per heavy atom. The third-order valence-corrected chi connectivity index (χ3v) is 4.93. The van der Waals surface area contributed by atoms with Gasteiger partial charge in [0.25, 0.3) is 0 Å². The van der Waals surface area contributed by atoms with Crippen LogP contribution >= 0.6 is 0 Å². The molecule has 1 aliphatic rings. The lowest BCUT2D eigenvalue weighted by molar-refractivity contribution is 0.101. The van der Waals surface area contributed by atoms with Crippen LogP contribution in [0.25, 0.3) is 0 Å². The molecule has 1 N–H and O–H groups in total. The smallest absolute Gasteiger partial charge is 0.119 e. The highest BCUT2D eigenvalue weighted by Gasteiger charge is 2.25. The summed E-state index contributed by atoms with van der Waals surface area (Å²) in [6, 6.07) is 9.05. The second kappa shape index (κ2) is 7.84. The molecule has 0 amide bonds. The van der Waals surface area contributed by atoms with Gasteiger partial charge in [-0.15, -0.1) is 0 Å². The number of hydrogen-bond donors (Lipinski definition) is 1. The van der Waals surface area contributed by atoms with Crippen molar-refractivity contribution in [2.24, 2.45) is 11.8 Å². The maximum Gasteiger partial charge on any atom is 0.119 e. The van der Waals surface area contributed by atoms with Crippen molar-refractivity contribution in [1.29, 1.82) is 0 Å². The van der Waals surface area contributed by atoms with Crippen LogP contribution in [0.5, 0.6) is 5.75 Å². The Labute approximate surface area is 130 Å². The van der Waals surface area contributed by atoms with Gasteiger partial charge in [-0.2, -0.15) is 0 Å². The topological polar surface area (TPSA) is 21.3 Å². The number of hydrogen-bond acceptors (Lipinski definition) is 2. The van der Waals surface area contributed by atoms with Crippen molar-refractivity contribution in [3.8, 4) is 5.75 Å². The van der Waals surface area contributed by atoms with Gasteiger partial charge in [-0.05, 0) is 68.7 Å². The summed E-state index contributed by atoms with van der Waals surface area (Å²) in [6.45, 7) is 10.2. The number of benzene rings is 1. The van der Waals surface area contributed by atoms with Gasteiger partial charge in [-0.1, -0.05) is 32.9 Å². The molecule has 0 aliphatic heterocycles. The zero-order valence-electron chi connectivity index (χ0n) is 14.1. The van der Waals surface area contributed by atoms with Gasteiger partial charge in [0.05, 0.1) is 6.10 Å². The quantitative estimate of drug-likeness (QED) is 0.800. The molecule has 118 valence electrons. The molecule has 1 fully saturated rings. The van der Waals surface area contributed by atoms with E-state index in [9.17, 15) is 0 Å². The Morgan fingerprint density at radius 2 is 1.86 bits per heavy atom. The molecule has 0 heterocycles. The molecular formula is C19H31NO. The first-order chi connectivity index (χ1) is 10.1. The zero-order valence-corrected chi connectivity index (χ0v) is 14.1. The summed E-state index contributed by atoms with van der Waals surface area (Å²) in [4.78, 5) is 0. The van der Waals surface area contributed by atoms with Crippen LogP contribution in [0.2, 0.25) is 0 Å². The lowest BCUT2D eigenvalue weighted by Gasteiger charge is -2.32. The molecule has 2 nitrogen and oxygen atoms in total. The van der Waals surface area contributed by atoms with Crippen LogP contribution in [0, 0.1) is 11.8 Å². The Bertz CT molecular complexity index is 414. The maximum absolute atomic E-state index is 6.17. The Hall–Kier alpha value is -1.02. The summed E-state index contributed by atoms with van der Waals surface area (Å²) >= 11 is 0. The highest BCUT2D eigenvalue weighted by molar-refractivity contribution is 5.29. The van der Waals surface area contributed by atoms with Gasteiger partial charge in [0.1, 0.15) is 5.75 Å². The minimum Gasteiger partial charge on any atom is -0.490 e. The van der Waals surface area contributed by atoms with Crippen molar-refractivity contribution in [3.63, 3.8) is 0 Å². The first kappa shape index (κ1) is 16.4. The van der Waals surface area contributed by atoms with Crippen LogP contribution in [0.1, 0.15) is 65.0 Å². The fraction of sp³-hybridized carbons (Fsp3) is 0.684. The van der Waals surface area contributed by atoms with E-state index in [2.05, 4.69) is 57.3 Å². The van der Waals surface area contributed by atoms with Crippen molar-refractivity contribution in [3.05, 3.63) is 29.8 Å². The van der Waals surface area contributed by atoms with E-state index in [1.54, 1.807) is 0 Å². The lowest BCUT2D eigenvalue weighted by Crippen LogP contribution is -2.28. The van der Waals surface area contributed by atoms with Crippen molar-refractivity contribution in [1.82, 2.24) is 5.32 Å². The molecule has 1 aliphatic carbocycles. The largest absolute Gasteiger partial charge is 0.490 e. The van der Waals surface area contributed by atoms with E-state index < -0.39 is 0 Å². The van der Waals surface area contributed by atoms with E-state index >= 15 is 0 Å². The van der Waals surface area contributed by atoms with Gasteiger partial charge < -0.3 is 10.1 Å². The molecule has 21 heavy (non-hydrogen) atoms. The summed E-state index contributed by atoms with van der Waals surface area (Å²) in [7, 11) is 0. The number of nitrogens with one attached hydrogen (secondary N) is 1. The molecule has 0 radical (unpaired) electrons. The van der Waals surface area contributed by atoms with Crippen LogP contribution in [-0.2, 0) is 0 Å². The summed E-state index contributed by atoms with van der Waals surface area (Å²) in [6.07, 6.45) is 5.25. The van der Waals surface area contributed by atoms with Crippen molar-refractivity contribution in [2.45, 2.75) is 65.5 Å². The van der Waals surface area contributed by atoms with Crippen molar-refractivity contribution in [2.75, 3.05) is 6.54 Å². The van der Waals surface area contributed by atoms with Crippen LogP contribution in [-0.4, -0.2) is 12.6 Å². The van der Waals surface area contributed by atoms with Gasteiger partial charge in [-0.3, -0.25) is 0 Å². The van der Waals surface area contributed by atoms with Crippen LogP contribution in [0.3, 0.4) is 0 Å². The van der Waals surface area contributed by atoms with E-state index in [0.717, 1.165) is 24.1 Å². The second-order valence-electron chi connectivity index (χ2n) is 6.75. The fourth-order valence-corrected chi connectivity index (χ4v) is 3.11. The summed E-state index contributed by atoms with van der Waals surface area (Å²) in [5, 5.41) is 3.52. The Morgan fingerprint density at radius 3 is 2.48 bits per heavy atom. The van der Waals surface area contributed by atoms with Crippen molar-refractivity contribution < 1.29 is 4.74 Å². The van der Waals surface area contributed by atoms with Gasteiger partial charge in [0, 0.05) is 6.04 Å². The van der Waals surface area contributed by atoms with Crippen LogP contribution < -0.4 is 10.1 Å². The molecule has 2 heteroatoms. The molecule has 0 bridgehead atoms. The number of rotatable bonds is 6. The van der Waals surface area contributed by atoms with Crippen LogP contribution in [0.4, 0.5) is 0 Å². The molecule has 1 aromatic carbocycles. The Kier molecular flexibility index (Phi) is 6.10. The molecule has 0 saturated heterocycles.